The molecule has 1 rings (SSSR count). The summed E-state index contributed by atoms with van der Waals surface area (Å²) in [6.45, 7) is 1.23. The fourth-order valence-electron chi connectivity index (χ4n) is 2.96. The van der Waals surface area contributed by atoms with E-state index in [0.717, 1.165) is 19.3 Å². The van der Waals surface area contributed by atoms with Crippen LogP contribution in [0, 0.1) is 11.3 Å². The van der Waals surface area contributed by atoms with Crippen LogP contribution in [0.3, 0.4) is 0 Å². The fraction of sp³-hybridized carbons (Fsp3) is 0.750. The number of aliphatic carboxylic acids is 1. The van der Waals surface area contributed by atoms with Gasteiger partial charge in [0.2, 0.25) is 0 Å². The van der Waals surface area contributed by atoms with Gasteiger partial charge in [0.1, 0.15) is 0 Å². The standard InChI is InChI=1S/C16H26O6/c1-2-3-4-6-11(18)7-5-8-12-13(19)9-14(20)16(12,10-17)15(21)22/h5,8,11-13,17-19H,2-4,6-7,9-10H2,1H3,(H,21,22)/b8-5+/t11?,12-,13+,16?/m0/s1. The molecule has 4 N–H and O–H groups in total. The number of rotatable bonds is 9. The van der Waals surface area contributed by atoms with Crippen molar-refractivity contribution in [2.24, 2.45) is 11.3 Å². The van der Waals surface area contributed by atoms with Crippen LogP contribution in [0.2, 0.25) is 0 Å². The van der Waals surface area contributed by atoms with Crippen molar-refractivity contribution in [3.05, 3.63) is 12.2 Å². The molecule has 0 aliphatic heterocycles. The van der Waals surface area contributed by atoms with Crippen LogP contribution >= 0.6 is 0 Å². The van der Waals surface area contributed by atoms with Crippen LogP contribution in [0.25, 0.3) is 0 Å². The highest BCUT2D eigenvalue weighted by Crippen LogP contribution is 2.41. The van der Waals surface area contributed by atoms with Crippen LogP contribution in [0.5, 0.6) is 0 Å². The molecule has 0 bridgehead atoms. The first-order valence-corrected chi connectivity index (χ1v) is 7.80. The van der Waals surface area contributed by atoms with Gasteiger partial charge in [-0.3, -0.25) is 9.59 Å². The van der Waals surface area contributed by atoms with Gasteiger partial charge in [0.15, 0.2) is 11.2 Å². The number of aliphatic hydroxyl groups excluding tert-OH is 3. The lowest BCUT2D eigenvalue weighted by molar-refractivity contribution is -0.158. The molecule has 1 fully saturated rings. The number of carbonyl (C=O) groups excluding carboxylic acids is 1. The van der Waals surface area contributed by atoms with E-state index in [-0.39, 0.29) is 6.42 Å². The van der Waals surface area contributed by atoms with Crippen molar-refractivity contribution in [2.75, 3.05) is 6.61 Å². The lowest BCUT2D eigenvalue weighted by atomic mass is 9.77. The number of hydrogen-bond acceptors (Lipinski definition) is 5. The Hall–Kier alpha value is -1.24. The van der Waals surface area contributed by atoms with E-state index in [1.54, 1.807) is 6.08 Å². The SMILES string of the molecule is CCCCCC(O)C/C=C/[C@H]1[C@H](O)CC(=O)C1(CO)C(=O)O. The summed E-state index contributed by atoms with van der Waals surface area (Å²) in [5, 5.41) is 38.4. The summed E-state index contributed by atoms with van der Waals surface area (Å²) in [5.41, 5.74) is -1.97. The van der Waals surface area contributed by atoms with Crippen molar-refractivity contribution < 1.29 is 30.0 Å². The maximum absolute atomic E-state index is 11.9. The summed E-state index contributed by atoms with van der Waals surface area (Å²) in [5.74, 6) is -3.05. The average Bonchev–Trinajstić information content (AvgIpc) is 2.70. The Morgan fingerprint density at radius 3 is 2.68 bits per heavy atom. The summed E-state index contributed by atoms with van der Waals surface area (Å²) in [7, 11) is 0. The predicted octanol–water partition coefficient (Wildman–Crippen LogP) is 0.887. The van der Waals surface area contributed by atoms with E-state index in [1.165, 1.54) is 6.08 Å². The largest absolute Gasteiger partial charge is 0.480 e. The zero-order valence-electron chi connectivity index (χ0n) is 12.9. The highest BCUT2D eigenvalue weighted by molar-refractivity contribution is 6.06. The van der Waals surface area contributed by atoms with Crippen molar-refractivity contribution in [3.8, 4) is 0 Å². The quantitative estimate of drug-likeness (QED) is 0.285. The molecule has 0 amide bonds. The molecule has 0 heterocycles. The van der Waals surface area contributed by atoms with Crippen LogP contribution in [0.1, 0.15) is 45.4 Å². The highest BCUT2D eigenvalue weighted by Gasteiger charge is 2.58. The molecule has 1 aliphatic carbocycles. The zero-order valence-corrected chi connectivity index (χ0v) is 12.9. The number of unbranched alkanes of at least 4 members (excludes halogenated alkanes) is 2. The molecular weight excluding hydrogens is 288 g/mol. The van der Waals surface area contributed by atoms with Gasteiger partial charge in [-0.05, 0) is 12.8 Å². The van der Waals surface area contributed by atoms with E-state index in [1.807, 2.05) is 0 Å². The van der Waals surface area contributed by atoms with E-state index >= 15 is 0 Å². The molecule has 126 valence electrons. The first kappa shape index (κ1) is 18.8. The molecule has 0 saturated heterocycles. The topological polar surface area (TPSA) is 115 Å². The van der Waals surface area contributed by atoms with Gasteiger partial charge in [-0.15, -0.1) is 0 Å². The molecule has 0 radical (unpaired) electrons. The Morgan fingerprint density at radius 1 is 1.45 bits per heavy atom. The Kier molecular flexibility index (Phi) is 7.19. The number of Topliss-reactive ketones (excluding diaryl/α,β-unsaturated/α-hetero) is 1. The molecule has 2 unspecified atom stereocenters. The van der Waals surface area contributed by atoms with Gasteiger partial charge < -0.3 is 20.4 Å². The summed E-state index contributed by atoms with van der Waals surface area (Å²) in [4.78, 5) is 23.3. The number of carboxylic acids is 1. The van der Waals surface area contributed by atoms with Gasteiger partial charge in [-0.25, -0.2) is 0 Å². The first-order chi connectivity index (χ1) is 10.4. The molecule has 4 atom stereocenters. The second kappa shape index (κ2) is 8.41. The van der Waals surface area contributed by atoms with Crippen molar-refractivity contribution >= 4 is 11.8 Å². The molecule has 1 aliphatic rings. The van der Waals surface area contributed by atoms with Crippen molar-refractivity contribution in [3.63, 3.8) is 0 Å². The highest BCUT2D eigenvalue weighted by atomic mass is 16.4. The monoisotopic (exact) mass is 314 g/mol. The Bertz CT molecular complexity index is 419. The molecule has 0 aromatic heterocycles. The van der Waals surface area contributed by atoms with E-state index in [0.29, 0.717) is 12.8 Å². The normalized spacial score (nSPS) is 30.1. The summed E-state index contributed by atoms with van der Waals surface area (Å²) >= 11 is 0. The molecule has 0 spiro atoms. The van der Waals surface area contributed by atoms with Gasteiger partial charge in [0.05, 0.1) is 18.8 Å². The van der Waals surface area contributed by atoms with Gasteiger partial charge in [-0.1, -0.05) is 38.3 Å². The Labute approximate surface area is 130 Å². The van der Waals surface area contributed by atoms with E-state index in [2.05, 4.69) is 6.92 Å². The van der Waals surface area contributed by atoms with Crippen LogP contribution in [-0.4, -0.2) is 51.0 Å². The zero-order chi connectivity index (χ0) is 16.8. The van der Waals surface area contributed by atoms with Gasteiger partial charge in [0.25, 0.3) is 0 Å². The van der Waals surface area contributed by atoms with Gasteiger partial charge >= 0.3 is 5.97 Å². The Morgan fingerprint density at radius 2 is 2.14 bits per heavy atom. The first-order valence-electron chi connectivity index (χ1n) is 7.80. The van der Waals surface area contributed by atoms with Crippen LogP contribution in [0.4, 0.5) is 0 Å². The third-order valence-electron chi connectivity index (χ3n) is 4.40. The third kappa shape index (κ3) is 3.94. The lowest BCUT2D eigenvalue weighted by Crippen LogP contribution is -2.44. The summed E-state index contributed by atoms with van der Waals surface area (Å²) in [6, 6.07) is 0. The molecule has 1 saturated carbocycles. The molecule has 6 nitrogen and oxygen atoms in total. The van der Waals surface area contributed by atoms with Gasteiger partial charge in [0, 0.05) is 12.3 Å². The smallest absolute Gasteiger partial charge is 0.320 e. The molecule has 22 heavy (non-hydrogen) atoms. The molecule has 6 heteroatoms. The van der Waals surface area contributed by atoms with Crippen molar-refractivity contribution in [2.45, 2.75) is 57.7 Å². The summed E-state index contributed by atoms with van der Waals surface area (Å²) in [6.07, 6.45) is 5.15. The number of aliphatic hydroxyl groups is 3. The second-order valence-electron chi connectivity index (χ2n) is 5.97. The van der Waals surface area contributed by atoms with E-state index in [9.17, 15) is 30.0 Å². The van der Waals surface area contributed by atoms with Crippen molar-refractivity contribution in [1.82, 2.24) is 0 Å². The van der Waals surface area contributed by atoms with Gasteiger partial charge in [-0.2, -0.15) is 0 Å². The van der Waals surface area contributed by atoms with Crippen LogP contribution < -0.4 is 0 Å². The minimum Gasteiger partial charge on any atom is -0.480 e. The number of ketones is 1. The predicted molar refractivity (Wildman–Crippen MR) is 80.2 cm³/mol. The third-order valence-corrected chi connectivity index (χ3v) is 4.40. The number of hydrogen-bond donors (Lipinski definition) is 4. The lowest BCUT2D eigenvalue weighted by Gasteiger charge is -2.26. The molecule has 0 aromatic rings. The number of carboxylic acid groups (broad SMARTS) is 1. The number of carbonyl (C=O) groups is 2. The fourth-order valence-corrected chi connectivity index (χ4v) is 2.96. The van der Waals surface area contributed by atoms with Crippen LogP contribution in [-0.2, 0) is 9.59 Å². The maximum atomic E-state index is 11.9. The van der Waals surface area contributed by atoms with E-state index in [4.69, 9.17) is 0 Å². The molecule has 0 aromatic carbocycles. The minimum absolute atomic E-state index is 0.277. The maximum Gasteiger partial charge on any atom is 0.320 e. The summed E-state index contributed by atoms with van der Waals surface area (Å²) < 4.78 is 0. The average molecular weight is 314 g/mol. The molecular formula is C16H26O6. The van der Waals surface area contributed by atoms with E-state index < -0.39 is 41.9 Å². The van der Waals surface area contributed by atoms with Crippen molar-refractivity contribution in [1.29, 1.82) is 0 Å². The second-order valence-corrected chi connectivity index (χ2v) is 5.97. The minimum atomic E-state index is -1.97. The van der Waals surface area contributed by atoms with Crippen LogP contribution in [0.15, 0.2) is 12.2 Å². The Balaban J connectivity index is 2.70.